The van der Waals surface area contributed by atoms with Crippen molar-refractivity contribution in [2.45, 2.75) is 10.7 Å². The van der Waals surface area contributed by atoms with Gasteiger partial charge < -0.3 is 4.98 Å². The summed E-state index contributed by atoms with van der Waals surface area (Å²) in [4.78, 5) is 12.7. The summed E-state index contributed by atoms with van der Waals surface area (Å²) in [5.74, 6) is 0. The fraction of sp³-hybridized carbons (Fsp3) is 0.111. The molecule has 0 aromatic carbocycles. The van der Waals surface area contributed by atoms with Crippen LogP contribution in [0.2, 0.25) is 0 Å². The number of nitrogens with one attached hydrogen (secondary N) is 2. The summed E-state index contributed by atoms with van der Waals surface area (Å²) < 4.78 is 0. The van der Waals surface area contributed by atoms with Crippen LogP contribution >= 0.6 is 21.6 Å². The second kappa shape index (κ2) is 5.81. The minimum absolute atomic E-state index is 0.255. The standard InChI is InChI=1S/C18H14N4S2/c1-2-12-8-14-4-6-16(21-14)10-18-22-17(23-24-18)9-15-5-3-13(20-15)7-11(1)19-12/h1-10,17-19,22H. The normalized spacial score (nSPS) is 27.2. The van der Waals surface area contributed by atoms with Crippen molar-refractivity contribution >= 4 is 45.2 Å². The summed E-state index contributed by atoms with van der Waals surface area (Å²) in [6, 6.07) is 4.13. The van der Waals surface area contributed by atoms with Crippen LogP contribution in [0.1, 0.15) is 0 Å². The summed E-state index contributed by atoms with van der Waals surface area (Å²) in [5.41, 5.74) is 3.95. The monoisotopic (exact) mass is 350 g/mol. The van der Waals surface area contributed by atoms with Crippen LogP contribution in [-0.2, 0) is 0 Å². The topological polar surface area (TPSA) is 52.5 Å². The van der Waals surface area contributed by atoms with Crippen LogP contribution in [0, 0.1) is 0 Å². The van der Waals surface area contributed by atoms with E-state index in [-0.39, 0.29) is 10.7 Å². The molecule has 1 saturated heterocycles. The molecular formula is C18H14N4S2. The highest BCUT2D eigenvalue weighted by Crippen LogP contribution is 2.39. The number of aromatic nitrogens is 1. The summed E-state index contributed by atoms with van der Waals surface area (Å²) in [5, 5.41) is 6.17. The highest BCUT2D eigenvalue weighted by Gasteiger charge is 2.23. The number of hydrogen-bond acceptors (Lipinski definition) is 5. The maximum atomic E-state index is 4.68. The molecule has 0 radical (unpaired) electrons. The van der Waals surface area contributed by atoms with Gasteiger partial charge in [0.2, 0.25) is 0 Å². The van der Waals surface area contributed by atoms with E-state index in [0.29, 0.717) is 0 Å². The SMILES string of the molecule is C1=CC2=NC1=CC1NC(C=C3C=CC(=N3)C=c3ccc([nH]3)=C2)SS1. The summed E-state index contributed by atoms with van der Waals surface area (Å²) >= 11 is 0. The second-order valence-corrected chi connectivity index (χ2v) is 8.34. The van der Waals surface area contributed by atoms with Gasteiger partial charge in [-0.05, 0) is 60.7 Å². The number of allylic oxidation sites excluding steroid dienone is 4. The molecule has 4 nitrogen and oxygen atoms in total. The van der Waals surface area contributed by atoms with Gasteiger partial charge in [-0.25, -0.2) is 9.98 Å². The van der Waals surface area contributed by atoms with Gasteiger partial charge in [0, 0.05) is 10.7 Å². The third-order valence-electron chi connectivity index (χ3n) is 3.94. The van der Waals surface area contributed by atoms with Gasteiger partial charge in [0.1, 0.15) is 0 Å². The Bertz CT molecular complexity index is 926. The molecule has 2 atom stereocenters. The molecule has 4 aliphatic heterocycles. The van der Waals surface area contributed by atoms with Crippen LogP contribution in [0.5, 0.6) is 0 Å². The van der Waals surface area contributed by atoms with Crippen molar-refractivity contribution in [3.8, 4) is 0 Å². The third-order valence-corrected chi connectivity index (χ3v) is 6.59. The summed E-state index contributed by atoms with van der Waals surface area (Å²) in [6.07, 6.45) is 16.7. The van der Waals surface area contributed by atoms with E-state index in [1.807, 2.05) is 21.6 Å². The van der Waals surface area contributed by atoms with Gasteiger partial charge in [0.25, 0.3) is 0 Å². The molecule has 5 rings (SSSR count). The molecule has 0 aliphatic carbocycles. The largest absolute Gasteiger partial charge is 0.355 e. The lowest BCUT2D eigenvalue weighted by atomic mass is 10.3. The molecule has 1 aromatic rings. The molecule has 118 valence electrons. The van der Waals surface area contributed by atoms with E-state index in [1.165, 1.54) is 0 Å². The summed E-state index contributed by atoms with van der Waals surface area (Å²) in [7, 11) is 3.65. The molecule has 2 unspecified atom stereocenters. The van der Waals surface area contributed by atoms with Crippen LogP contribution in [0.4, 0.5) is 0 Å². The zero-order valence-corrected chi connectivity index (χ0v) is 14.3. The second-order valence-electron chi connectivity index (χ2n) is 5.78. The minimum Gasteiger partial charge on any atom is -0.355 e. The van der Waals surface area contributed by atoms with E-state index in [1.54, 1.807) is 0 Å². The van der Waals surface area contributed by atoms with E-state index < -0.39 is 0 Å². The van der Waals surface area contributed by atoms with Crippen molar-refractivity contribution in [1.82, 2.24) is 10.3 Å². The molecule has 1 aromatic heterocycles. The van der Waals surface area contributed by atoms with Crippen LogP contribution < -0.4 is 16.0 Å². The minimum atomic E-state index is 0.255. The highest BCUT2D eigenvalue weighted by atomic mass is 33.1. The quantitative estimate of drug-likeness (QED) is 0.704. The molecule has 0 spiro atoms. The van der Waals surface area contributed by atoms with Crippen LogP contribution in [0.15, 0.2) is 70.0 Å². The Hall–Kier alpha value is -2.02. The molecule has 0 saturated carbocycles. The number of hydrogen-bond donors (Lipinski definition) is 2. The first-order valence-electron chi connectivity index (χ1n) is 7.74. The number of fused-ring (bicyclic) bond motifs is 6. The molecule has 24 heavy (non-hydrogen) atoms. The first-order valence-corrected chi connectivity index (χ1v) is 10.0. The Kier molecular flexibility index (Phi) is 3.47. The van der Waals surface area contributed by atoms with Crippen LogP contribution in [0.3, 0.4) is 0 Å². The molecular weight excluding hydrogens is 336 g/mol. The van der Waals surface area contributed by atoms with E-state index in [9.17, 15) is 0 Å². The van der Waals surface area contributed by atoms with Crippen LogP contribution in [0.25, 0.3) is 12.2 Å². The van der Waals surface area contributed by atoms with Crippen molar-refractivity contribution in [2.24, 2.45) is 9.98 Å². The van der Waals surface area contributed by atoms with Crippen LogP contribution in [-0.4, -0.2) is 27.2 Å². The van der Waals surface area contributed by atoms with Crippen molar-refractivity contribution in [3.63, 3.8) is 0 Å². The molecule has 4 aliphatic rings. The van der Waals surface area contributed by atoms with Crippen molar-refractivity contribution in [1.29, 1.82) is 0 Å². The lowest BCUT2D eigenvalue weighted by molar-refractivity contribution is 0.771. The van der Waals surface area contributed by atoms with E-state index in [2.05, 4.69) is 81.0 Å². The Morgan fingerprint density at radius 1 is 0.750 bits per heavy atom. The average molecular weight is 350 g/mol. The first kappa shape index (κ1) is 14.3. The fourth-order valence-electron chi connectivity index (χ4n) is 2.85. The Labute approximate surface area is 147 Å². The van der Waals surface area contributed by atoms with Gasteiger partial charge in [-0.3, -0.25) is 5.32 Å². The van der Waals surface area contributed by atoms with E-state index in [4.69, 9.17) is 0 Å². The number of aliphatic imine (C=N–C) groups is 2. The maximum absolute atomic E-state index is 4.68. The zero-order chi connectivity index (χ0) is 15.9. The fourth-order valence-corrected chi connectivity index (χ4v) is 5.36. The summed E-state index contributed by atoms with van der Waals surface area (Å²) in [6.45, 7) is 0. The molecule has 2 N–H and O–H groups in total. The Morgan fingerprint density at radius 3 is 1.83 bits per heavy atom. The molecule has 6 heteroatoms. The molecule has 0 amide bonds. The van der Waals surface area contributed by atoms with Crippen molar-refractivity contribution in [3.05, 3.63) is 70.7 Å². The number of H-pyrrole nitrogens is 1. The molecule has 5 heterocycles. The van der Waals surface area contributed by atoms with Crippen molar-refractivity contribution in [2.75, 3.05) is 0 Å². The Balaban J connectivity index is 1.63. The van der Waals surface area contributed by atoms with Gasteiger partial charge in [-0.15, -0.1) is 0 Å². The molecule has 1 fully saturated rings. The zero-order valence-electron chi connectivity index (χ0n) is 12.6. The lowest BCUT2D eigenvalue weighted by Gasteiger charge is -2.05. The average Bonchev–Trinajstić information content (AvgIpc) is 3.32. The predicted octanol–water partition coefficient (Wildman–Crippen LogP) is 2.02. The third kappa shape index (κ3) is 2.88. The Morgan fingerprint density at radius 2 is 1.29 bits per heavy atom. The lowest BCUT2D eigenvalue weighted by Crippen LogP contribution is -2.25. The first-order chi connectivity index (χ1) is 11.8. The maximum Gasteiger partial charge on any atom is 0.0858 e. The number of aromatic amines is 1. The number of rotatable bonds is 0. The highest BCUT2D eigenvalue weighted by molar-refractivity contribution is 8.77. The van der Waals surface area contributed by atoms with Gasteiger partial charge in [0.15, 0.2) is 0 Å². The van der Waals surface area contributed by atoms with Gasteiger partial charge in [0.05, 0.1) is 33.6 Å². The predicted molar refractivity (Wildman–Crippen MR) is 104 cm³/mol. The smallest absolute Gasteiger partial charge is 0.0858 e. The van der Waals surface area contributed by atoms with Gasteiger partial charge in [-0.1, -0.05) is 21.6 Å². The van der Waals surface area contributed by atoms with E-state index in [0.717, 1.165) is 33.5 Å². The van der Waals surface area contributed by atoms with E-state index >= 15 is 0 Å². The molecule has 8 bridgehead atoms. The number of nitrogens with zero attached hydrogens (tertiary/aromatic N) is 2. The van der Waals surface area contributed by atoms with Crippen molar-refractivity contribution < 1.29 is 0 Å². The van der Waals surface area contributed by atoms with Gasteiger partial charge in [-0.2, -0.15) is 0 Å². The van der Waals surface area contributed by atoms with Gasteiger partial charge >= 0.3 is 0 Å².